The number of amides is 1. The molecule has 3 rings (SSSR count). The molecule has 24 heavy (non-hydrogen) atoms. The smallest absolute Gasteiger partial charge is 0.220 e. The van der Waals surface area contributed by atoms with E-state index < -0.39 is 0 Å². The summed E-state index contributed by atoms with van der Waals surface area (Å²) in [5.74, 6) is 1.25. The Labute approximate surface area is 163 Å². The van der Waals surface area contributed by atoms with Crippen molar-refractivity contribution < 1.29 is 4.79 Å². The number of guanidine groups is 1. The average Bonchev–Trinajstić information content (AvgIpc) is 3.09. The topological polar surface area (TPSA) is 56.7 Å². The number of hydrogen-bond acceptors (Lipinski definition) is 2. The molecule has 138 valence electrons. The number of nitrogens with zero attached hydrogens (tertiary/aromatic N) is 2. The lowest BCUT2D eigenvalue weighted by atomic mass is 9.86. The standard InChI is InChI=1S/C18H32N4O.HI/c1-2-19-17(20-12-5-6-16(23)21-15-7-8-15)22-13-11-18(14-22)9-3-4-10-18;/h15H,2-14H2,1H3,(H,19,20)(H,21,23);1H. The first-order valence-corrected chi connectivity index (χ1v) is 9.53. The minimum Gasteiger partial charge on any atom is -0.357 e. The Morgan fingerprint density at radius 1 is 1.25 bits per heavy atom. The lowest BCUT2D eigenvalue weighted by Gasteiger charge is -2.26. The summed E-state index contributed by atoms with van der Waals surface area (Å²) in [5.41, 5.74) is 0.570. The zero-order valence-corrected chi connectivity index (χ0v) is 17.3. The van der Waals surface area contributed by atoms with E-state index in [9.17, 15) is 4.79 Å². The van der Waals surface area contributed by atoms with Crippen molar-refractivity contribution in [3.63, 3.8) is 0 Å². The molecule has 3 aliphatic rings. The summed E-state index contributed by atoms with van der Waals surface area (Å²) in [6.45, 7) is 6.07. The van der Waals surface area contributed by atoms with E-state index in [0.717, 1.165) is 44.9 Å². The van der Waals surface area contributed by atoms with Gasteiger partial charge in [0.05, 0.1) is 0 Å². The van der Waals surface area contributed by atoms with Crippen LogP contribution in [0.2, 0.25) is 0 Å². The summed E-state index contributed by atoms with van der Waals surface area (Å²) in [4.78, 5) is 18.9. The largest absolute Gasteiger partial charge is 0.357 e. The van der Waals surface area contributed by atoms with Gasteiger partial charge in [0.15, 0.2) is 5.96 Å². The molecule has 0 unspecified atom stereocenters. The van der Waals surface area contributed by atoms with Crippen LogP contribution in [-0.4, -0.2) is 49.0 Å². The van der Waals surface area contributed by atoms with E-state index in [1.54, 1.807) is 0 Å². The summed E-state index contributed by atoms with van der Waals surface area (Å²) in [6.07, 6.45) is 10.7. The maximum atomic E-state index is 11.7. The molecule has 0 radical (unpaired) electrons. The fourth-order valence-electron chi connectivity index (χ4n) is 4.03. The van der Waals surface area contributed by atoms with Crippen molar-refractivity contribution >= 4 is 35.8 Å². The zero-order valence-electron chi connectivity index (χ0n) is 15.0. The van der Waals surface area contributed by atoms with Gasteiger partial charge in [0, 0.05) is 38.6 Å². The van der Waals surface area contributed by atoms with Crippen molar-refractivity contribution in [2.45, 2.75) is 70.8 Å². The monoisotopic (exact) mass is 448 g/mol. The van der Waals surface area contributed by atoms with E-state index in [4.69, 9.17) is 4.99 Å². The first-order valence-electron chi connectivity index (χ1n) is 9.53. The number of halogens is 1. The number of rotatable bonds is 6. The fraction of sp³-hybridized carbons (Fsp3) is 0.889. The van der Waals surface area contributed by atoms with E-state index in [1.165, 1.54) is 38.6 Å². The summed E-state index contributed by atoms with van der Waals surface area (Å²) in [7, 11) is 0. The average molecular weight is 448 g/mol. The molecule has 0 aromatic rings. The summed E-state index contributed by atoms with van der Waals surface area (Å²) in [6, 6.07) is 0.468. The first-order chi connectivity index (χ1) is 11.2. The third kappa shape index (κ3) is 5.49. The minimum absolute atomic E-state index is 0. The van der Waals surface area contributed by atoms with Crippen LogP contribution in [-0.2, 0) is 4.79 Å². The van der Waals surface area contributed by atoms with E-state index in [1.807, 2.05) is 0 Å². The molecule has 0 atom stereocenters. The molecule has 2 N–H and O–H groups in total. The molecular weight excluding hydrogens is 415 g/mol. The number of carbonyl (C=O) groups excluding carboxylic acids is 1. The molecule has 0 bridgehead atoms. The molecule has 0 aromatic carbocycles. The second kappa shape index (κ2) is 9.25. The van der Waals surface area contributed by atoms with Gasteiger partial charge >= 0.3 is 0 Å². The van der Waals surface area contributed by atoms with Crippen LogP contribution in [0, 0.1) is 5.41 Å². The van der Waals surface area contributed by atoms with Crippen LogP contribution in [0.3, 0.4) is 0 Å². The summed E-state index contributed by atoms with van der Waals surface area (Å²) in [5, 5.41) is 6.48. The predicted octanol–water partition coefficient (Wildman–Crippen LogP) is 2.89. The van der Waals surface area contributed by atoms with Crippen molar-refractivity contribution in [3.05, 3.63) is 0 Å². The number of hydrogen-bond donors (Lipinski definition) is 2. The van der Waals surface area contributed by atoms with Gasteiger partial charge in [-0.25, -0.2) is 0 Å². The highest BCUT2D eigenvalue weighted by Crippen LogP contribution is 2.45. The van der Waals surface area contributed by atoms with E-state index in [2.05, 4.69) is 22.5 Å². The lowest BCUT2D eigenvalue weighted by Crippen LogP contribution is -2.41. The maximum absolute atomic E-state index is 11.7. The highest BCUT2D eigenvalue weighted by molar-refractivity contribution is 14.0. The van der Waals surface area contributed by atoms with Crippen LogP contribution >= 0.6 is 24.0 Å². The molecule has 2 aliphatic carbocycles. The van der Waals surface area contributed by atoms with Crippen molar-refractivity contribution in [2.24, 2.45) is 10.4 Å². The first kappa shape index (κ1) is 19.8. The van der Waals surface area contributed by atoms with Gasteiger partial charge in [-0.1, -0.05) is 12.8 Å². The second-order valence-electron chi connectivity index (χ2n) is 7.56. The summed E-state index contributed by atoms with van der Waals surface area (Å²) >= 11 is 0. The Balaban J connectivity index is 0.00000208. The molecule has 2 saturated carbocycles. The molecule has 3 fully saturated rings. The lowest BCUT2D eigenvalue weighted by molar-refractivity contribution is -0.121. The third-order valence-electron chi connectivity index (χ3n) is 5.50. The van der Waals surface area contributed by atoms with Gasteiger partial charge in [0.2, 0.25) is 5.91 Å². The van der Waals surface area contributed by atoms with Gasteiger partial charge in [-0.15, -0.1) is 24.0 Å². The number of likely N-dealkylation sites (tertiary alicyclic amines) is 1. The molecule has 0 aromatic heterocycles. The highest BCUT2D eigenvalue weighted by Gasteiger charge is 2.41. The van der Waals surface area contributed by atoms with Crippen LogP contribution in [0.15, 0.2) is 4.99 Å². The van der Waals surface area contributed by atoms with Gasteiger partial charge in [-0.2, -0.15) is 0 Å². The van der Waals surface area contributed by atoms with Crippen molar-refractivity contribution in [1.82, 2.24) is 15.5 Å². The molecule has 6 heteroatoms. The third-order valence-corrected chi connectivity index (χ3v) is 5.50. The predicted molar refractivity (Wildman–Crippen MR) is 109 cm³/mol. The van der Waals surface area contributed by atoms with Crippen LogP contribution in [0.1, 0.15) is 64.7 Å². The highest BCUT2D eigenvalue weighted by atomic mass is 127. The van der Waals surface area contributed by atoms with Gasteiger partial charge in [-0.3, -0.25) is 9.79 Å². The normalized spacial score (nSPS) is 22.5. The SMILES string of the molecule is CCNC(=NCCCC(=O)NC1CC1)N1CCC2(CCCC2)C1.I. The zero-order chi connectivity index (χ0) is 16.1. The van der Waals surface area contributed by atoms with Gasteiger partial charge in [0.1, 0.15) is 0 Å². The van der Waals surface area contributed by atoms with Crippen molar-refractivity contribution in [3.8, 4) is 0 Å². The quantitative estimate of drug-likeness (QED) is 0.285. The Morgan fingerprint density at radius 2 is 2.00 bits per heavy atom. The molecule has 5 nitrogen and oxygen atoms in total. The number of carbonyl (C=O) groups is 1. The van der Waals surface area contributed by atoms with Crippen LogP contribution in [0.4, 0.5) is 0 Å². The Hall–Kier alpha value is -0.530. The van der Waals surface area contributed by atoms with Gasteiger partial charge in [0.25, 0.3) is 0 Å². The number of aliphatic imine (C=N–C) groups is 1. The fourth-order valence-corrected chi connectivity index (χ4v) is 4.03. The van der Waals surface area contributed by atoms with E-state index in [0.29, 0.717) is 17.9 Å². The Bertz CT molecular complexity index is 444. The second-order valence-corrected chi connectivity index (χ2v) is 7.56. The molecule has 1 heterocycles. The van der Waals surface area contributed by atoms with E-state index >= 15 is 0 Å². The van der Waals surface area contributed by atoms with Crippen LogP contribution < -0.4 is 10.6 Å². The molecule has 1 aliphatic heterocycles. The molecule has 1 amide bonds. The minimum atomic E-state index is 0. The molecular formula is C18H33IN4O. The maximum Gasteiger partial charge on any atom is 0.220 e. The molecule has 1 spiro atoms. The van der Waals surface area contributed by atoms with Gasteiger partial charge < -0.3 is 15.5 Å². The Kier molecular flexibility index (Phi) is 7.62. The van der Waals surface area contributed by atoms with Crippen molar-refractivity contribution in [1.29, 1.82) is 0 Å². The van der Waals surface area contributed by atoms with E-state index in [-0.39, 0.29) is 29.9 Å². The number of nitrogens with one attached hydrogen (secondary N) is 2. The van der Waals surface area contributed by atoms with Crippen LogP contribution in [0.5, 0.6) is 0 Å². The van der Waals surface area contributed by atoms with Crippen LogP contribution in [0.25, 0.3) is 0 Å². The van der Waals surface area contributed by atoms with Crippen molar-refractivity contribution in [2.75, 3.05) is 26.2 Å². The Morgan fingerprint density at radius 3 is 2.67 bits per heavy atom. The molecule has 1 saturated heterocycles. The summed E-state index contributed by atoms with van der Waals surface area (Å²) < 4.78 is 0. The van der Waals surface area contributed by atoms with Gasteiger partial charge in [-0.05, 0) is 50.9 Å².